The van der Waals surface area contributed by atoms with Crippen LogP contribution in [0.2, 0.25) is 5.02 Å². The molecule has 1 atom stereocenters. The highest BCUT2D eigenvalue weighted by Crippen LogP contribution is 2.34. The number of amides is 1. The van der Waals surface area contributed by atoms with Crippen LogP contribution in [0.4, 0.5) is 5.13 Å². The van der Waals surface area contributed by atoms with E-state index >= 15 is 0 Å². The average Bonchev–Trinajstić information content (AvgIpc) is 3.43. The van der Waals surface area contributed by atoms with Gasteiger partial charge in [0.2, 0.25) is 5.91 Å². The summed E-state index contributed by atoms with van der Waals surface area (Å²) in [5.41, 5.74) is 1.84. The number of carbonyl (C=O) groups excluding carboxylic acids is 1. The van der Waals surface area contributed by atoms with Gasteiger partial charge in [0, 0.05) is 22.9 Å². The third kappa shape index (κ3) is 5.17. The Kier molecular flexibility index (Phi) is 7.31. The third-order valence-electron chi connectivity index (χ3n) is 5.23. The van der Waals surface area contributed by atoms with Gasteiger partial charge in [0.1, 0.15) is 0 Å². The maximum absolute atomic E-state index is 13.2. The summed E-state index contributed by atoms with van der Waals surface area (Å²) in [7, 11) is 0. The summed E-state index contributed by atoms with van der Waals surface area (Å²) >= 11 is 9.61. The van der Waals surface area contributed by atoms with E-state index in [1.807, 2.05) is 42.2 Å². The summed E-state index contributed by atoms with van der Waals surface area (Å²) in [6.45, 7) is 3.31. The van der Waals surface area contributed by atoms with Gasteiger partial charge in [-0.05, 0) is 61.8 Å². The predicted octanol–water partition coefficient (Wildman–Crippen LogP) is 6.34. The smallest absolute Gasteiger partial charge is 0.228 e. The van der Waals surface area contributed by atoms with Gasteiger partial charge in [-0.2, -0.15) is 0 Å². The fraction of sp³-hybridized carbons (Fsp3) is 0.391. The van der Waals surface area contributed by atoms with Gasteiger partial charge < -0.3 is 4.74 Å². The number of thiazole rings is 1. The molecule has 1 aliphatic rings. The molecule has 0 saturated carbocycles. The fourth-order valence-corrected chi connectivity index (χ4v) is 5.63. The Morgan fingerprint density at radius 2 is 2.13 bits per heavy atom. The van der Waals surface area contributed by atoms with E-state index in [4.69, 9.17) is 21.3 Å². The zero-order valence-electron chi connectivity index (χ0n) is 17.0. The molecule has 1 aromatic heterocycles. The summed E-state index contributed by atoms with van der Waals surface area (Å²) < 4.78 is 6.87. The Bertz CT molecular complexity index is 1000. The van der Waals surface area contributed by atoms with Crippen molar-refractivity contribution in [3.05, 3.63) is 53.1 Å². The predicted molar refractivity (Wildman–Crippen MR) is 127 cm³/mol. The zero-order valence-corrected chi connectivity index (χ0v) is 19.4. The van der Waals surface area contributed by atoms with Gasteiger partial charge in [0.25, 0.3) is 0 Å². The molecule has 1 saturated heterocycles. The second kappa shape index (κ2) is 10.1. The van der Waals surface area contributed by atoms with Gasteiger partial charge in [-0.25, -0.2) is 4.98 Å². The molecule has 0 radical (unpaired) electrons. The number of rotatable bonds is 8. The van der Waals surface area contributed by atoms with Crippen LogP contribution in [0.5, 0.6) is 0 Å². The Hall–Kier alpha value is -1.60. The molecule has 158 valence electrons. The number of hydrogen-bond acceptors (Lipinski definition) is 5. The lowest BCUT2D eigenvalue weighted by molar-refractivity contribution is -0.119. The molecule has 1 amide bonds. The first-order valence-electron chi connectivity index (χ1n) is 10.3. The molecule has 7 heteroatoms. The first kappa shape index (κ1) is 21.6. The van der Waals surface area contributed by atoms with Crippen molar-refractivity contribution in [2.24, 2.45) is 0 Å². The van der Waals surface area contributed by atoms with Crippen LogP contribution in [0.25, 0.3) is 10.2 Å². The molecule has 2 heterocycles. The first-order valence-corrected chi connectivity index (χ1v) is 12.5. The number of benzene rings is 2. The van der Waals surface area contributed by atoms with E-state index in [9.17, 15) is 4.79 Å². The summed E-state index contributed by atoms with van der Waals surface area (Å²) in [6.07, 6.45) is 3.46. The first-order chi connectivity index (χ1) is 14.6. The largest absolute Gasteiger partial charge is 0.376 e. The highest BCUT2D eigenvalue weighted by molar-refractivity contribution is 7.99. The number of ether oxygens (including phenoxy) is 1. The molecular weight excluding hydrogens is 436 g/mol. The maximum atomic E-state index is 13.2. The number of anilines is 1. The molecule has 4 nitrogen and oxygen atoms in total. The van der Waals surface area contributed by atoms with E-state index in [1.165, 1.54) is 4.90 Å². The highest BCUT2D eigenvalue weighted by atomic mass is 35.5. The topological polar surface area (TPSA) is 42.4 Å². The minimum absolute atomic E-state index is 0.0874. The fourth-order valence-electron chi connectivity index (χ4n) is 3.55. The molecular formula is C23H25ClN2O2S2. The van der Waals surface area contributed by atoms with Crippen molar-refractivity contribution < 1.29 is 9.53 Å². The zero-order chi connectivity index (χ0) is 20.9. The van der Waals surface area contributed by atoms with Gasteiger partial charge >= 0.3 is 0 Å². The maximum Gasteiger partial charge on any atom is 0.228 e. The summed E-state index contributed by atoms with van der Waals surface area (Å²) in [5.74, 6) is 1.03. The number of nitrogens with zero attached hydrogens (tertiary/aromatic N) is 2. The van der Waals surface area contributed by atoms with E-state index in [0.717, 1.165) is 52.5 Å². The van der Waals surface area contributed by atoms with E-state index in [1.54, 1.807) is 23.1 Å². The molecule has 4 rings (SSSR count). The summed E-state index contributed by atoms with van der Waals surface area (Å²) in [4.78, 5) is 21.0. The lowest BCUT2D eigenvalue weighted by Gasteiger charge is -2.23. The van der Waals surface area contributed by atoms with Gasteiger partial charge in [-0.3, -0.25) is 9.69 Å². The van der Waals surface area contributed by atoms with Crippen LogP contribution in [0, 0.1) is 6.92 Å². The number of aromatic nitrogens is 1. The van der Waals surface area contributed by atoms with Crippen LogP contribution in [0.15, 0.2) is 47.4 Å². The SMILES string of the molecule is Cc1c(Cl)ccc2sc(N(CC3CCCO3)C(=O)CCCSc3ccccc3)nc12. The standard InChI is InChI=1S/C23H25ClN2O2S2/c1-16-19(24)11-12-20-22(16)25-23(30-20)26(15-17-7-5-13-28-17)21(27)10-6-14-29-18-8-3-2-4-9-18/h2-4,8-9,11-12,17H,5-7,10,13-15H2,1H3. The Balaban J connectivity index is 1.46. The molecule has 1 unspecified atom stereocenters. The molecule has 0 bridgehead atoms. The molecule has 1 fully saturated rings. The van der Waals surface area contributed by atoms with Gasteiger partial charge in [0.05, 0.1) is 22.9 Å². The van der Waals surface area contributed by atoms with Crippen molar-refractivity contribution in [1.82, 2.24) is 4.98 Å². The summed E-state index contributed by atoms with van der Waals surface area (Å²) in [6, 6.07) is 14.2. The van der Waals surface area contributed by atoms with E-state index < -0.39 is 0 Å². The van der Waals surface area contributed by atoms with Gasteiger partial charge in [0.15, 0.2) is 5.13 Å². The number of hydrogen-bond donors (Lipinski definition) is 0. The minimum atomic E-state index is 0.0874. The van der Waals surface area contributed by atoms with Crippen LogP contribution in [-0.2, 0) is 9.53 Å². The third-order valence-corrected chi connectivity index (χ3v) is 7.78. The second-order valence-electron chi connectivity index (χ2n) is 7.42. The van der Waals surface area contributed by atoms with Crippen LogP contribution in [-0.4, -0.2) is 35.9 Å². The van der Waals surface area contributed by atoms with Crippen molar-refractivity contribution in [3.8, 4) is 0 Å². The van der Waals surface area contributed by atoms with Crippen LogP contribution >= 0.6 is 34.7 Å². The number of fused-ring (bicyclic) bond motifs is 1. The van der Waals surface area contributed by atoms with Crippen LogP contribution in [0.3, 0.4) is 0 Å². The molecule has 0 spiro atoms. The highest BCUT2D eigenvalue weighted by Gasteiger charge is 2.26. The van der Waals surface area contributed by atoms with E-state index in [0.29, 0.717) is 18.0 Å². The van der Waals surface area contributed by atoms with Crippen molar-refractivity contribution in [3.63, 3.8) is 0 Å². The Morgan fingerprint density at radius 3 is 2.90 bits per heavy atom. The molecule has 3 aromatic rings. The van der Waals surface area contributed by atoms with Crippen LogP contribution in [0.1, 0.15) is 31.2 Å². The molecule has 1 aliphatic heterocycles. The number of halogens is 1. The summed E-state index contributed by atoms with van der Waals surface area (Å²) in [5, 5.41) is 1.45. The van der Waals surface area contributed by atoms with Crippen molar-refractivity contribution in [1.29, 1.82) is 0 Å². The average molecular weight is 461 g/mol. The number of thioether (sulfide) groups is 1. The lowest BCUT2D eigenvalue weighted by Crippen LogP contribution is -2.37. The van der Waals surface area contributed by atoms with Crippen molar-refractivity contribution >= 4 is 56.0 Å². The minimum Gasteiger partial charge on any atom is -0.376 e. The second-order valence-corrected chi connectivity index (χ2v) is 10.0. The monoisotopic (exact) mass is 460 g/mol. The van der Waals surface area contributed by atoms with Gasteiger partial charge in [-0.15, -0.1) is 11.8 Å². The molecule has 30 heavy (non-hydrogen) atoms. The Labute approximate surface area is 190 Å². The quantitative estimate of drug-likeness (QED) is 0.290. The number of carbonyl (C=O) groups is 1. The van der Waals surface area contributed by atoms with Gasteiger partial charge in [-0.1, -0.05) is 41.1 Å². The molecule has 2 aromatic carbocycles. The van der Waals surface area contributed by atoms with E-state index in [-0.39, 0.29) is 12.0 Å². The van der Waals surface area contributed by atoms with Crippen molar-refractivity contribution in [2.75, 3.05) is 23.8 Å². The van der Waals surface area contributed by atoms with Crippen molar-refractivity contribution in [2.45, 2.75) is 43.6 Å². The van der Waals surface area contributed by atoms with E-state index in [2.05, 4.69) is 12.1 Å². The van der Waals surface area contributed by atoms with Crippen LogP contribution < -0.4 is 4.90 Å². The molecule has 0 aliphatic carbocycles. The molecule has 0 N–H and O–H groups in total. The Morgan fingerprint density at radius 1 is 1.30 bits per heavy atom. The number of aryl methyl sites for hydroxylation is 1. The lowest BCUT2D eigenvalue weighted by atomic mass is 10.2. The normalized spacial score (nSPS) is 16.3.